The fourth-order valence-corrected chi connectivity index (χ4v) is 5.75. The molecule has 1 atom stereocenters. The molecule has 2 heterocycles. The van der Waals surface area contributed by atoms with Crippen LogP contribution in [0.3, 0.4) is 0 Å². The van der Waals surface area contributed by atoms with Crippen molar-refractivity contribution in [2.24, 2.45) is 0 Å². The Labute approximate surface area is 210 Å². The second-order valence-electron chi connectivity index (χ2n) is 8.70. The van der Waals surface area contributed by atoms with Crippen LogP contribution in [0.5, 0.6) is 5.75 Å². The van der Waals surface area contributed by atoms with E-state index in [0.717, 1.165) is 28.3 Å². The van der Waals surface area contributed by atoms with Gasteiger partial charge in [-0.05, 0) is 75.3 Å². The molecule has 1 N–H and O–H groups in total. The van der Waals surface area contributed by atoms with E-state index in [4.69, 9.17) is 27.3 Å². The molecular formula is C24H22F3N3O3S2. The van der Waals surface area contributed by atoms with Crippen molar-refractivity contribution in [1.82, 2.24) is 0 Å². The van der Waals surface area contributed by atoms with Gasteiger partial charge in [0.15, 0.2) is 5.11 Å². The summed E-state index contributed by atoms with van der Waals surface area (Å²) < 4.78 is 46.6. The first kappa shape index (κ1) is 25.3. The van der Waals surface area contributed by atoms with E-state index >= 15 is 0 Å². The Balaban J connectivity index is 1.68. The maximum Gasteiger partial charge on any atom is 0.417 e. The zero-order valence-electron chi connectivity index (χ0n) is 18.9. The molecule has 0 radical (unpaired) electrons. The highest BCUT2D eigenvalue weighted by Gasteiger charge is 2.51. The SMILES string of the molecule is CC1(C)C(=O)N(c2ccc(C#N)c(C(F)(F)F)c2)C(=S)N1c1ccc2c(c1)SC[C@@H](CCCO)O2. The van der Waals surface area contributed by atoms with Gasteiger partial charge in [-0.1, -0.05) is 0 Å². The highest BCUT2D eigenvalue weighted by atomic mass is 32.2. The quantitative estimate of drug-likeness (QED) is 0.548. The van der Waals surface area contributed by atoms with Gasteiger partial charge < -0.3 is 14.7 Å². The van der Waals surface area contributed by atoms with Crippen LogP contribution in [0, 0.1) is 11.3 Å². The molecule has 2 aromatic carbocycles. The molecule has 0 bridgehead atoms. The Morgan fingerprint density at radius 2 is 1.97 bits per heavy atom. The van der Waals surface area contributed by atoms with Gasteiger partial charge in [0.25, 0.3) is 5.91 Å². The molecule has 4 rings (SSSR count). The zero-order valence-corrected chi connectivity index (χ0v) is 20.6. The van der Waals surface area contributed by atoms with Crippen LogP contribution < -0.4 is 14.5 Å². The molecule has 6 nitrogen and oxygen atoms in total. The maximum atomic E-state index is 13.5. The van der Waals surface area contributed by atoms with Crippen LogP contribution in [0.1, 0.15) is 37.8 Å². The molecule has 2 aliphatic heterocycles. The normalized spacial score (nSPS) is 19.4. The predicted octanol–water partition coefficient (Wildman–Crippen LogP) is 5.12. The van der Waals surface area contributed by atoms with E-state index in [1.807, 2.05) is 6.07 Å². The van der Waals surface area contributed by atoms with Gasteiger partial charge >= 0.3 is 6.18 Å². The molecule has 1 saturated heterocycles. The van der Waals surface area contributed by atoms with Gasteiger partial charge in [0.05, 0.1) is 27.8 Å². The number of ether oxygens (including phenoxy) is 1. The van der Waals surface area contributed by atoms with Crippen molar-refractivity contribution in [2.75, 3.05) is 22.2 Å². The number of rotatable bonds is 5. The Kier molecular flexibility index (Phi) is 6.74. The molecule has 2 aromatic rings. The molecule has 1 fully saturated rings. The minimum atomic E-state index is -4.76. The number of nitrogens with zero attached hydrogens (tertiary/aromatic N) is 3. The van der Waals surface area contributed by atoms with E-state index in [0.29, 0.717) is 23.6 Å². The highest BCUT2D eigenvalue weighted by Crippen LogP contribution is 2.43. The number of benzene rings is 2. The highest BCUT2D eigenvalue weighted by molar-refractivity contribution is 7.99. The average molecular weight is 522 g/mol. The van der Waals surface area contributed by atoms with Crippen molar-refractivity contribution in [3.05, 3.63) is 47.5 Å². The Morgan fingerprint density at radius 3 is 2.63 bits per heavy atom. The summed E-state index contributed by atoms with van der Waals surface area (Å²) in [5.74, 6) is 0.924. The van der Waals surface area contributed by atoms with E-state index in [1.165, 1.54) is 6.07 Å². The summed E-state index contributed by atoms with van der Waals surface area (Å²) in [6, 6.07) is 10.1. The summed E-state index contributed by atoms with van der Waals surface area (Å²) in [6.07, 6.45) is -3.38. The van der Waals surface area contributed by atoms with Crippen molar-refractivity contribution in [1.29, 1.82) is 5.26 Å². The number of aliphatic hydroxyl groups excluding tert-OH is 1. The lowest BCUT2D eigenvalue weighted by molar-refractivity contribution is -0.137. The second-order valence-corrected chi connectivity index (χ2v) is 10.1. The number of anilines is 2. The molecule has 0 aromatic heterocycles. The number of thioether (sulfide) groups is 1. The largest absolute Gasteiger partial charge is 0.488 e. The first-order chi connectivity index (χ1) is 16.5. The smallest absolute Gasteiger partial charge is 0.417 e. The molecule has 1 amide bonds. The average Bonchev–Trinajstić information content (AvgIpc) is 2.99. The zero-order chi connectivity index (χ0) is 25.5. The van der Waals surface area contributed by atoms with Crippen molar-refractivity contribution in [3.63, 3.8) is 0 Å². The third-order valence-electron chi connectivity index (χ3n) is 5.94. The summed E-state index contributed by atoms with van der Waals surface area (Å²) in [6.45, 7) is 3.42. The van der Waals surface area contributed by atoms with Crippen LogP contribution in [0.2, 0.25) is 0 Å². The molecular weight excluding hydrogens is 499 g/mol. The van der Waals surface area contributed by atoms with Crippen molar-refractivity contribution in [2.45, 2.75) is 49.4 Å². The number of thiocarbonyl (C=S) groups is 1. The predicted molar refractivity (Wildman–Crippen MR) is 131 cm³/mol. The number of carbonyl (C=O) groups excluding carboxylic acids is 1. The van der Waals surface area contributed by atoms with Gasteiger partial charge in [-0.25, -0.2) is 0 Å². The van der Waals surface area contributed by atoms with E-state index < -0.39 is 28.7 Å². The first-order valence-corrected chi connectivity index (χ1v) is 12.2. The molecule has 184 valence electrons. The summed E-state index contributed by atoms with van der Waals surface area (Å²) in [7, 11) is 0. The lowest BCUT2D eigenvalue weighted by atomic mass is 10.0. The molecule has 11 heteroatoms. The van der Waals surface area contributed by atoms with Gasteiger partial charge in [-0.3, -0.25) is 9.69 Å². The first-order valence-electron chi connectivity index (χ1n) is 10.8. The van der Waals surface area contributed by atoms with E-state index in [2.05, 4.69) is 0 Å². The van der Waals surface area contributed by atoms with Crippen LogP contribution >= 0.6 is 24.0 Å². The monoisotopic (exact) mass is 521 g/mol. The van der Waals surface area contributed by atoms with Crippen LogP contribution in [-0.2, 0) is 11.0 Å². The minimum absolute atomic E-state index is 0.00826. The number of nitriles is 1. The molecule has 0 aliphatic carbocycles. The fraction of sp³-hybridized carbons (Fsp3) is 0.375. The number of alkyl halides is 3. The number of fused-ring (bicyclic) bond motifs is 1. The van der Waals surface area contributed by atoms with Gasteiger partial charge in [0.1, 0.15) is 17.4 Å². The summed E-state index contributed by atoms with van der Waals surface area (Å²) in [5.41, 5.74) is -2.25. The second kappa shape index (κ2) is 9.33. The van der Waals surface area contributed by atoms with Crippen LogP contribution in [0.15, 0.2) is 41.3 Å². The van der Waals surface area contributed by atoms with Crippen molar-refractivity contribution < 1.29 is 27.8 Å². The van der Waals surface area contributed by atoms with E-state index in [9.17, 15) is 18.0 Å². The van der Waals surface area contributed by atoms with Gasteiger partial charge in [-0.15, -0.1) is 11.8 Å². The van der Waals surface area contributed by atoms with Gasteiger partial charge in [0, 0.05) is 18.0 Å². The van der Waals surface area contributed by atoms with Gasteiger partial charge in [-0.2, -0.15) is 18.4 Å². The summed E-state index contributed by atoms with van der Waals surface area (Å²) in [5, 5.41) is 18.2. The van der Waals surface area contributed by atoms with Crippen molar-refractivity contribution >= 4 is 46.4 Å². The number of hydrogen-bond donors (Lipinski definition) is 1. The third-order valence-corrected chi connectivity index (χ3v) is 7.48. The van der Waals surface area contributed by atoms with Crippen molar-refractivity contribution in [3.8, 4) is 11.8 Å². The number of hydrogen-bond acceptors (Lipinski definition) is 6. The third kappa shape index (κ3) is 4.58. The lowest BCUT2D eigenvalue weighted by Gasteiger charge is -2.31. The lowest BCUT2D eigenvalue weighted by Crippen LogP contribution is -2.44. The minimum Gasteiger partial charge on any atom is -0.488 e. The summed E-state index contributed by atoms with van der Waals surface area (Å²) >= 11 is 7.19. The standard InChI is InChI=1S/C24H22F3N3O3S2/c1-23(2)21(32)29(15-6-5-14(12-28)18(10-15)24(25,26)27)22(34)30(23)16-7-8-19-20(11-16)35-13-17(33-19)4-3-9-31/h5-8,10-11,17,31H,3-4,9,13H2,1-2H3/t17-/m1/s1. The molecule has 0 spiro atoms. The van der Waals surface area contributed by atoms with Crippen LogP contribution in [0.25, 0.3) is 0 Å². The molecule has 2 aliphatic rings. The maximum absolute atomic E-state index is 13.5. The Hall–Kier alpha value is -2.81. The molecule has 0 saturated carbocycles. The Morgan fingerprint density at radius 1 is 1.26 bits per heavy atom. The van der Waals surface area contributed by atoms with E-state index in [-0.39, 0.29) is 23.5 Å². The number of carbonyl (C=O) groups is 1. The number of aliphatic hydroxyl groups is 1. The fourth-order valence-electron chi connectivity index (χ4n) is 4.16. The van der Waals surface area contributed by atoms with E-state index in [1.54, 1.807) is 48.7 Å². The van der Waals surface area contributed by atoms with Gasteiger partial charge in [0.2, 0.25) is 0 Å². The summed E-state index contributed by atoms with van der Waals surface area (Å²) in [4.78, 5) is 16.9. The number of amides is 1. The molecule has 0 unspecified atom stereocenters. The van der Waals surface area contributed by atoms with Crippen LogP contribution in [0.4, 0.5) is 24.5 Å². The molecule has 35 heavy (non-hydrogen) atoms. The number of halogens is 3. The Bertz CT molecular complexity index is 1230. The topological polar surface area (TPSA) is 76.8 Å². The van der Waals surface area contributed by atoms with Crippen LogP contribution in [-0.4, -0.2) is 40.1 Å².